The molecule has 2 aromatic carbocycles. The van der Waals surface area contributed by atoms with Gasteiger partial charge < -0.3 is 5.32 Å². The molecule has 7 heteroatoms. The highest BCUT2D eigenvalue weighted by Gasteiger charge is 2.19. The molecule has 0 fully saturated rings. The highest BCUT2D eigenvalue weighted by Crippen LogP contribution is 2.29. The summed E-state index contributed by atoms with van der Waals surface area (Å²) in [6.45, 7) is 1.39. The van der Waals surface area contributed by atoms with Gasteiger partial charge in [0.2, 0.25) is 5.91 Å². The van der Waals surface area contributed by atoms with Gasteiger partial charge in [0, 0.05) is 12.6 Å². The van der Waals surface area contributed by atoms with Crippen LogP contribution in [0.25, 0.3) is 0 Å². The highest BCUT2D eigenvalue weighted by atomic mass is 35.5. The van der Waals surface area contributed by atoms with E-state index in [0.717, 1.165) is 31.2 Å². The van der Waals surface area contributed by atoms with E-state index in [9.17, 15) is 13.2 Å². The number of hydrogen-bond acceptors (Lipinski definition) is 3. The van der Waals surface area contributed by atoms with Crippen LogP contribution in [0.5, 0.6) is 0 Å². The van der Waals surface area contributed by atoms with Crippen LogP contribution < -0.4 is 10.0 Å². The molecule has 0 saturated carbocycles. The first-order valence-corrected chi connectivity index (χ1v) is 9.93. The number of fused-ring (bicyclic) bond motifs is 1. The Labute approximate surface area is 152 Å². The molecule has 132 valence electrons. The van der Waals surface area contributed by atoms with Gasteiger partial charge in [-0.05, 0) is 67.1 Å². The zero-order valence-corrected chi connectivity index (χ0v) is 15.4. The fourth-order valence-electron chi connectivity index (χ4n) is 2.96. The molecule has 0 spiro atoms. The van der Waals surface area contributed by atoms with Crippen LogP contribution in [0.15, 0.2) is 41.3 Å². The van der Waals surface area contributed by atoms with Gasteiger partial charge in [0.25, 0.3) is 10.0 Å². The Morgan fingerprint density at radius 3 is 2.44 bits per heavy atom. The predicted octanol–water partition coefficient (Wildman–Crippen LogP) is 3.98. The monoisotopic (exact) mass is 378 g/mol. The van der Waals surface area contributed by atoms with Crippen molar-refractivity contribution >= 4 is 38.9 Å². The number of nitrogens with one attached hydrogen (secondary N) is 2. The molecule has 1 aliphatic rings. The average molecular weight is 379 g/mol. The number of hydrogen-bond donors (Lipinski definition) is 2. The summed E-state index contributed by atoms with van der Waals surface area (Å²) in [5.74, 6) is -0.224. The third kappa shape index (κ3) is 4.14. The summed E-state index contributed by atoms with van der Waals surface area (Å²) in [6.07, 6.45) is 4.14. The summed E-state index contributed by atoms with van der Waals surface area (Å²) in [5.41, 5.74) is 3.10. The van der Waals surface area contributed by atoms with Crippen molar-refractivity contribution in [1.82, 2.24) is 0 Å². The lowest BCUT2D eigenvalue weighted by molar-refractivity contribution is -0.114. The van der Waals surface area contributed by atoms with Gasteiger partial charge in [-0.25, -0.2) is 8.42 Å². The van der Waals surface area contributed by atoms with E-state index < -0.39 is 10.0 Å². The molecule has 0 bridgehead atoms. The molecule has 1 amide bonds. The van der Waals surface area contributed by atoms with E-state index in [1.165, 1.54) is 24.6 Å². The molecule has 2 aromatic rings. The third-order valence-corrected chi connectivity index (χ3v) is 5.84. The van der Waals surface area contributed by atoms with Gasteiger partial charge >= 0.3 is 0 Å². The number of aryl methyl sites for hydroxylation is 2. The Kier molecular flexibility index (Phi) is 5.01. The molecule has 0 aromatic heterocycles. The maximum absolute atomic E-state index is 12.7. The number of carbonyl (C=O) groups is 1. The Morgan fingerprint density at radius 1 is 1.04 bits per heavy atom. The topological polar surface area (TPSA) is 75.3 Å². The third-order valence-electron chi connectivity index (χ3n) is 4.16. The molecule has 2 N–H and O–H groups in total. The molecule has 3 rings (SSSR count). The molecular weight excluding hydrogens is 360 g/mol. The second-order valence-corrected chi connectivity index (χ2v) is 8.21. The summed E-state index contributed by atoms with van der Waals surface area (Å²) in [4.78, 5) is 11.3. The number of sulfonamides is 1. The minimum atomic E-state index is -3.73. The normalized spacial score (nSPS) is 13.8. The molecule has 0 aliphatic heterocycles. The Balaban J connectivity index is 1.85. The largest absolute Gasteiger partial charge is 0.326 e. The zero-order chi connectivity index (χ0) is 18.0. The van der Waals surface area contributed by atoms with Crippen LogP contribution in [-0.2, 0) is 27.7 Å². The molecule has 25 heavy (non-hydrogen) atoms. The highest BCUT2D eigenvalue weighted by molar-refractivity contribution is 7.92. The van der Waals surface area contributed by atoms with Gasteiger partial charge in [0.05, 0.1) is 15.6 Å². The first-order valence-electron chi connectivity index (χ1n) is 8.07. The standard InChI is InChI=1S/C18H19ClN2O3S/c1-12(22)20-15-7-9-18(17(19)11-15)21-25(23,24)16-8-6-13-4-2-3-5-14(13)10-16/h6-11,21H,2-5H2,1H3,(H,20,22). The lowest BCUT2D eigenvalue weighted by Crippen LogP contribution is -2.15. The molecule has 0 saturated heterocycles. The Hall–Kier alpha value is -2.05. The van der Waals surface area contributed by atoms with Crippen LogP contribution in [0.3, 0.4) is 0 Å². The van der Waals surface area contributed by atoms with E-state index in [2.05, 4.69) is 10.0 Å². The van der Waals surface area contributed by atoms with E-state index in [1.807, 2.05) is 6.07 Å². The van der Waals surface area contributed by atoms with Crippen molar-refractivity contribution in [1.29, 1.82) is 0 Å². The molecular formula is C18H19ClN2O3S. The van der Waals surface area contributed by atoms with Crippen LogP contribution in [-0.4, -0.2) is 14.3 Å². The molecule has 1 aliphatic carbocycles. The van der Waals surface area contributed by atoms with Gasteiger partial charge in [-0.2, -0.15) is 0 Å². The maximum atomic E-state index is 12.7. The molecule has 0 heterocycles. The molecule has 5 nitrogen and oxygen atoms in total. The van der Waals surface area contributed by atoms with E-state index in [0.29, 0.717) is 5.69 Å². The van der Waals surface area contributed by atoms with Crippen LogP contribution in [0.4, 0.5) is 11.4 Å². The summed E-state index contributed by atoms with van der Waals surface area (Å²) in [6, 6.07) is 9.90. The minimum absolute atomic E-state index is 0.216. The fourth-order valence-corrected chi connectivity index (χ4v) is 4.37. The van der Waals surface area contributed by atoms with E-state index in [4.69, 9.17) is 11.6 Å². The van der Waals surface area contributed by atoms with Crippen molar-refractivity contribution in [3.8, 4) is 0 Å². The van der Waals surface area contributed by atoms with Crippen molar-refractivity contribution in [3.63, 3.8) is 0 Å². The summed E-state index contributed by atoms with van der Waals surface area (Å²) in [7, 11) is -3.73. The molecule has 0 atom stereocenters. The second kappa shape index (κ2) is 7.06. The fraction of sp³-hybridized carbons (Fsp3) is 0.278. The molecule has 0 unspecified atom stereocenters. The summed E-state index contributed by atoms with van der Waals surface area (Å²) < 4.78 is 27.8. The number of benzene rings is 2. The van der Waals surface area contributed by atoms with Crippen LogP contribution in [0, 0.1) is 0 Å². The Morgan fingerprint density at radius 2 is 1.76 bits per heavy atom. The smallest absolute Gasteiger partial charge is 0.261 e. The second-order valence-electron chi connectivity index (χ2n) is 6.12. The van der Waals surface area contributed by atoms with Crippen LogP contribution in [0.1, 0.15) is 30.9 Å². The van der Waals surface area contributed by atoms with Gasteiger partial charge in [-0.1, -0.05) is 17.7 Å². The Bertz CT molecular complexity index is 926. The number of carbonyl (C=O) groups excluding carboxylic acids is 1. The van der Waals surface area contributed by atoms with Crippen LogP contribution in [0.2, 0.25) is 5.02 Å². The zero-order valence-electron chi connectivity index (χ0n) is 13.8. The van der Waals surface area contributed by atoms with Gasteiger partial charge in [-0.3, -0.25) is 9.52 Å². The van der Waals surface area contributed by atoms with Crippen molar-refractivity contribution in [2.75, 3.05) is 10.0 Å². The first kappa shape index (κ1) is 17.8. The maximum Gasteiger partial charge on any atom is 0.261 e. The quantitative estimate of drug-likeness (QED) is 0.844. The van der Waals surface area contributed by atoms with Gasteiger partial charge in [0.1, 0.15) is 0 Å². The van der Waals surface area contributed by atoms with E-state index in [-0.39, 0.29) is 21.5 Å². The van der Waals surface area contributed by atoms with E-state index in [1.54, 1.807) is 18.2 Å². The van der Waals surface area contributed by atoms with Crippen molar-refractivity contribution in [2.45, 2.75) is 37.5 Å². The first-order chi connectivity index (χ1) is 11.8. The molecule has 0 radical (unpaired) electrons. The van der Waals surface area contributed by atoms with Crippen molar-refractivity contribution in [3.05, 3.63) is 52.5 Å². The SMILES string of the molecule is CC(=O)Nc1ccc(NS(=O)(=O)c2ccc3c(c2)CCCC3)c(Cl)c1. The average Bonchev–Trinajstić information content (AvgIpc) is 2.56. The number of amides is 1. The van der Waals surface area contributed by atoms with Crippen molar-refractivity contribution < 1.29 is 13.2 Å². The summed E-state index contributed by atoms with van der Waals surface area (Å²) in [5, 5.41) is 2.82. The van der Waals surface area contributed by atoms with Crippen molar-refractivity contribution in [2.24, 2.45) is 0 Å². The minimum Gasteiger partial charge on any atom is -0.326 e. The number of rotatable bonds is 4. The van der Waals surface area contributed by atoms with Gasteiger partial charge in [-0.15, -0.1) is 0 Å². The lowest BCUT2D eigenvalue weighted by atomic mass is 9.92. The predicted molar refractivity (Wildman–Crippen MR) is 99.6 cm³/mol. The van der Waals surface area contributed by atoms with Gasteiger partial charge in [0.15, 0.2) is 0 Å². The van der Waals surface area contributed by atoms with Crippen LogP contribution >= 0.6 is 11.6 Å². The lowest BCUT2D eigenvalue weighted by Gasteiger charge is -2.17. The number of halogens is 1. The summed E-state index contributed by atoms with van der Waals surface area (Å²) >= 11 is 6.14. The number of anilines is 2. The van der Waals surface area contributed by atoms with E-state index >= 15 is 0 Å².